The van der Waals surface area contributed by atoms with E-state index >= 15 is 0 Å². The predicted octanol–water partition coefficient (Wildman–Crippen LogP) is -0.300. The van der Waals surface area contributed by atoms with Crippen LogP contribution >= 0.6 is 0 Å². The summed E-state index contributed by atoms with van der Waals surface area (Å²) in [6, 6.07) is 3.50. The monoisotopic (exact) mass is 322 g/mol. The fourth-order valence-electron chi connectivity index (χ4n) is 1.68. The van der Waals surface area contributed by atoms with Crippen molar-refractivity contribution >= 4 is 25.6 Å². The average molecular weight is 322 g/mol. The highest BCUT2D eigenvalue weighted by molar-refractivity contribution is 7.93. The van der Waals surface area contributed by atoms with E-state index in [9.17, 15) is 26.7 Å². The van der Waals surface area contributed by atoms with Gasteiger partial charge in [0.25, 0.3) is 0 Å². The second kappa shape index (κ2) is 5.51. The van der Waals surface area contributed by atoms with Crippen molar-refractivity contribution in [3.63, 3.8) is 0 Å². The number of methoxy groups -OCH3 is 1. The summed E-state index contributed by atoms with van der Waals surface area (Å²) in [6.45, 7) is 0. The van der Waals surface area contributed by atoms with Gasteiger partial charge in [-0.25, -0.2) is 21.6 Å². The summed E-state index contributed by atoms with van der Waals surface area (Å²) in [5.74, 6) is -1.08. The van der Waals surface area contributed by atoms with Crippen LogP contribution in [0, 0.1) is 0 Å². The minimum atomic E-state index is -3.98. The Bertz CT molecular complexity index is 732. The number of aliphatic hydroxyl groups excluding tert-OH is 1. The third-order valence-electron chi connectivity index (χ3n) is 2.50. The van der Waals surface area contributed by atoms with Crippen molar-refractivity contribution in [1.29, 1.82) is 0 Å². The van der Waals surface area contributed by atoms with Crippen LogP contribution in [0.5, 0.6) is 0 Å². The van der Waals surface area contributed by atoms with Crippen LogP contribution in [0.15, 0.2) is 28.0 Å². The number of benzene rings is 1. The molecule has 1 aromatic rings. The van der Waals surface area contributed by atoms with Crippen LogP contribution in [-0.2, 0) is 29.2 Å². The zero-order valence-electron chi connectivity index (χ0n) is 11.0. The molecule has 1 rings (SSSR count). The number of carbonyl (C=O) groups is 1. The highest BCUT2D eigenvalue weighted by atomic mass is 32.2. The molecule has 0 heterocycles. The molecule has 0 saturated heterocycles. The fraction of sp³-hybridized carbons (Fsp3) is 0.364. The van der Waals surface area contributed by atoms with E-state index in [1.165, 1.54) is 6.07 Å². The van der Waals surface area contributed by atoms with Crippen LogP contribution < -0.4 is 0 Å². The Hall–Kier alpha value is -1.45. The second-order valence-corrected chi connectivity index (χ2v) is 8.08. The van der Waals surface area contributed by atoms with E-state index in [0.29, 0.717) is 0 Å². The molecule has 1 N–H and O–H groups in total. The average Bonchev–Trinajstić information content (AvgIpc) is 2.33. The largest absolute Gasteiger partial charge is 0.467 e. The molecule has 0 amide bonds. The van der Waals surface area contributed by atoms with Gasteiger partial charge in [0.15, 0.2) is 25.8 Å². The van der Waals surface area contributed by atoms with E-state index in [1.807, 2.05) is 0 Å². The van der Waals surface area contributed by atoms with Crippen LogP contribution in [0.2, 0.25) is 0 Å². The van der Waals surface area contributed by atoms with Crippen LogP contribution in [0.25, 0.3) is 0 Å². The highest BCUT2D eigenvalue weighted by Crippen LogP contribution is 2.29. The Morgan fingerprint density at radius 1 is 1.15 bits per heavy atom. The third kappa shape index (κ3) is 3.35. The number of carbonyl (C=O) groups excluding carboxylic acids is 1. The van der Waals surface area contributed by atoms with Gasteiger partial charge in [0.05, 0.1) is 16.9 Å². The molecule has 20 heavy (non-hydrogen) atoms. The summed E-state index contributed by atoms with van der Waals surface area (Å²) >= 11 is 0. The van der Waals surface area contributed by atoms with Crippen molar-refractivity contribution in [3.8, 4) is 0 Å². The Kier molecular flexibility index (Phi) is 4.57. The first-order valence-corrected chi connectivity index (χ1v) is 9.07. The van der Waals surface area contributed by atoms with Crippen molar-refractivity contribution < 1.29 is 31.5 Å². The van der Waals surface area contributed by atoms with E-state index in [1.54, 1.807) is 0 Å². The molecule has 0 bridgehead atoms. The number of sulfone groups is 2. The number of rotatable bonds is 4. The molecule has 112 valence electrons. The topological polar surface area (TPSA) is 115 Å². The molecule has 0 aliphatic rings. The first-order valence-electron chi connectivity index (χ1n) is 5.29. The van der Waals surface area contributed by atoms with Gasteiger partial charge in [-0.3, -0.25) is 0 Å². The van der Waals surface area contributed by atoms with Crippen molar-refractivity contribution in [2.45, 2.75) is 15.9 Å². The summed E-state index contributed by atoms with van der Waals surface area (Å²) < 4.78 is 51.2. The lowest BCUT2D eigenvalue weighted by atomic mass is 10.1. The van der Waals surface area contributed by atoms with Gasteiger partial charge in [-0.05, 0) is 6.07 Å². The van der Waals surface area contributed by atoms with Crippen molar-refractivity contribution in [2.24, 2.45) is 0 Å². The van der Waals surface area contributed by atoms with Crippen molar-refractivity contribution in [1.82, 2.24) is 0 Å². The van der Waals surface area contributed by atoms with Gasteiger partial charge in [0.1, 0.15) is 0 Å². The smallest absolute Gasteiger partial charge is 0.339 e. The number of hydrogen-bond acceptors (Lipinski definition) is 7. The molecule has 0 aliphatic heterocycles. The molecule has 0 saturated carbocycles. The van der Waals surface area contributed by atoms with Gasteiger partial charge < -0.3 is 9.84 Å². The van der Waals surface area contributed by atoms with E-state index in [0.717, 1.165) is 31.8 Å². The maximum Gasteiger partial charge on any atom is 0.339 e. The van der Waals surface area contributed by atoms with Crippen molar-refractivity contribution in [3.05, 3.63) is 23.8 Å². The summed E-state index contributed by atoms with van der Waals surface area (Å²) in [5, 5.41) is 9.79. The van der Waals surface area contributed by atoms with Crippen LogP contribution in [0.1, 0.15) is 11.7 Å². The standard InChI is InChI=1S/C11H14O7S2/c1-18-11(13)9(12)7-5-4-6-8(19(2,14)15)10(7)20(3,16)17/h4-6,9,12H,1-3H3. The molecule has 9 heteroatoms. The Morgan fingerprint density at radius 2 is 1.70 bits per heavy atom. The summed E-state index contributed by atoms with van der Waals surface area (Å²) in [6.07, 6.45) is -0.248. The van der Waals surface area contributed by atoms with Crippen LogP contribution in [0.4, 0.5) is 0 Å². The Morgan fingerprint density at radius 3 is 2.10 bits per heavy atom. The zero-order chi connectivity index (χ0) is 15.7. The minimum absolute atomic E-state index is 0.331. The van der Waals surface area contributed by atoms with Crippen LogP contribution in [0.3, 0.4) is 0 Å². The number of esters is 1. The second-order valence-electron chi connectivity index (χ2n) is 4.14. The molecule has 1 aromatic carbocycles. The number of ether oxygens (including phenoxy) is 1. The molecule has 0 aromatic heterocycles. The summed E-state index contributed by atoms with van der Waals surface area (Å²) in [4.78, 5) is 10.3. The van der Waals surface area contributed by atoms with Gasteiger partial charge in [0.2, 0.25) is 0 Å². The molecule has 7 nitrogen and oxygen atoms in total. The van der Waals surface area contributed by atoms with Gasteiger partial charge in [-0.15, -0.1) is 0 Å². The molecular weight excluding hydrogens is 308 g/mol. The molecule has 1 atom stereocenters. The normalized spacial score (nSPS) is 13.8. The van der Waals surface area contributed by atoms with E-state index in [4.69, 9.17) is 0 Å². The molecule has 1 unspecified atom stereocenters. The quantitative estimate of drug-likeness (QED) is 0.757. The lowest BCUT2D eigenvalue weighted by molar-refractivity contribution is -0.150. The maximum absolute atomic E-state index is 11.8. The predicted molar refractivity (Wildman–Crippen MR) is 69.6 cm³/mol. The van der Waals surface area contributed by atoms with Crippen LogP contribution in [-0.4, -0.2) is 47.5 Å². The van der Waals surface area contributed by atoms with E-state index < -0.39 is 41.5 Å². The molecule has 0 fully saturated rings. The molecule has 0 aliphatic carbocycles. The van der Waals surface area contributed by atoms with E-state index in [-0.39, 0.29) is 5.56 Å². The van der Waals surface area contributed by atoms with Crippen molar-refractivity contribution in [2.75, 3.05) is 19.6 Å². The fourth-order valence-corrected chi connectivity index (χ4v) is 4.41. The summed E-state index contributed by atoms with van der Waals surface area (Å²) in [5.41, 5.74) is -0.331. The third-order valence-corrected chi connectivity index (χ3v) is 4.96. The zero-order valence-corrected chi connectivity index (χ0v) is 12.7. The number of aliphatic hydroxyl groups is 1. The molecule has 0 spiro atoms. The highest BCUT2D eigenvalue weighted by Gasteiger charge is 2.30. The lowest BCUT2D eigenvalue weighted by Crippen LogP contribution is -2.19. The lowest BCUT2D eigenvalue weighted by Gasteiger charge is -2.15. The first kappa shape index (κ1) is 16.6. The van der Waals surface area contributed by atoms with Gasteiger partial charge in [-0.1, -0.05) is 12.1 Å². The van der Waals surface area contributed by atoms with Gasteiger partial charge in [-0.2, -0.15) is 0 Å². The minimum Gasteiger partial charge on any atom is -0.467 e. The molecule has 0 radical (unpaired) electrons. The number of hydrogen-bond donors (Lipinski definition) is 1. The Balaban J connectivity index is 3.76. The van der Waals surface area contributed by atoms with E-state index in [2.05, 4.69) is 4.74 Å². The SMILES string of the molecule is COC(=O)C(O)c1cccc(S(C)(=O)=O)c1S(C)(=O)=O. The Labute approximate surface area is 117 Å². The maximum atomic E-state index is 11.8. The first-order chi connectivity index (χ1) is 9.00. The summed E-state index contributed by atoms with van der Waals surface area (Å²) in [7, 11) is -6.81. The van der Waals surface area contributed by atoms with Gasteiger partial charge in [0, 0.05) is 18.1 Å². The van der Waals surface area contributed by atoms with Gasteiger partial charge >= 0.3 is 5.97 Å². The molecular formula is C11H14O7S2.